The Bertz CT molecular complexity index is 1380. The average molecular weight is 575 g/mol. The molecular weight excluding hydrogens is 544 g/mol. The third kappa shape index (κ3) is 6.82. The van der Waals surface area contributed by atoms with Crippen LogP contribution in [0.2, 0.25) is 5.15 Å². The number of carbonyl (C=O) groups excluding carboxylic acids is 1. The number of aromatic nitrogens is 4. The molecule has 208 valence electrons. The maximum Gasteiger partial charge on any atom is 0.241 e. The summed E-state index contributed by atoms with van der Waals surface area (Å²) in [5, 5.41) is 8.75. The van der Waals surface area contributed by atoms with Gasteiger partial charge in [-0.15, -0.1) is 5.10 Å². The van der Waals surface area contributed by atoms with Crippen LogP contribution in [0.4, 0.5) is 0 Å². The quantitative estimate of drug-likeness (QED) is 0.377. The Morgan fingerprint density at radius 1 is 1.05 bits per heavy atom. The molecule has 1 unspecified atom stereocenters. The number of rotatable bonds is 8. The molecule has 0 bridgehead atoms. The second kappa shape index (κ2) is 12.1. The number of sulfonamides is 1. The smallest absolute Gasteiger partial charge is 0.241 e. The number of aryl methyl sites for hydroxylation is 1. The van der Waals surface area contributed by atoms with Gasteiger partial charge >= 0.3 is 0 Å². The van der Waals surface area contributed by atoms with Crippen molar-refractivity contribution in [2.24, 2.45) is 0 Å². The molecule has 39 heavy (non-hydrogen) atoms. The van der Waals surface area contributed by atoms with Gasteiger partial charge in [-0.1, -0.05) is 41.1 Å². The molecule has 4 heterocycles. The van der Waals surface area contributed by atoms with E-state index in [9.17, 15) is 13.2 Å². The highest BCUT2D eigenvalue weighted by Crippen LogP contribution is 2.24. The Hall–Kier alpha value is -2.90. The van der Waals surface area contributed by atoms with Crippen molar-refractivity contribution < 1.29 is 22.7 Å². The van der Waals surface area contributed by atoms with E-state index >= 15 is 0 Å². The van der Waals surface area contributed by atoms with E-state index in [-0.39, 0.29) is 37.6 Å². The van der Waals surface area contributed by atoms with Gasteiger partial charge in [0.2, 0.25) is 15.9 Å². The highest BCUT2D eigenvalue weighted by Gasteiger charge is 2.38. The molecule has 2 aliphatic rings. The second-order valence-corrected chi connectivity index (χ2v) is 12.1. The molecule has 0 spiro atoms. The number of benzene rings is 1. The summed E-state index contributed by atoms with van der Waals surface area (Å²) in [5.74, 6) is -0.430. The lowest BCUT2D eigenvalue weighted by Crippen LogP contribution is -2.45. The van der Waals surface area contributed by atoms with E-state index in [1.807, 2.05) is 30.3 Å². The Kier molecular flexibility index (Phi) is 8.57. The van der Waals surface area contributed by atoms with E-state index in [4.69, 9.17) is 21.1 Å². The first-order valence-corrected chi connectivity index (χ1v) is 14.9. The summed E-state index contributed by atoms with van der Waals surface area (Å²) < 4.78 is 40.5. The number of hydrogen-bond donors (Lipinski definition) is 0. The van der Waals surface area contributed by atoms with Gasteiger partial charge in [-0.05, 0) is 36.6 Å². The minimum Gasteiger partial charge on any atom is -0.353 e. The Morgan fingerprint density at radius 2 is 1.79 bits per heavy atom. The fourth-order valence-corrected chi connectivity index (χ4v) is 6.37. The van der Waals surface area contributed by atoms with Gasteiger partial charge in [0.15, 0.2) is 6.29 Å². The first kappa shape index (κ1) is 27.7. The number of amides is 1. The predicted molar refractivity (Wildman–Crippen MR) is 144 cm³/mol. The van der Waals surface area contributed by atoms with Crippen molar-refractivity contribution in [2.45, 2.75) is 51.7 Å². The number of carbonyl (C=O) groups is 1. The fraction of sp³-hybridized carbons (Fsp3) is 0.462. The zero-order valence-electron chi connectivity index (χ0n) is 21.6. The molecule has 0 aliphatic carbocycles. The summed E-state index contributed by atoms with van der Waals surface area (Å²) in [5.41, 5.74) is 3.22. The van der Waals surface area contributed by atoms with Crippen LogP contribution in [0, 0.1) is 0 Å². The lowest BCUT2D eigenvalue weighted by molar-refractivity contribution is -0.182. The minimum absolute atomic E-state index is 0.0844. The predicted octanol–water partition coefficient (Wildman–Crippen LogP) is 2.71. The zero-order chi connectivity index (χ0) is 27.4. The molecule has 2 aromatic heterocycles. The highest BCUT2D eigenvalue weighted by molar-refractivity contribution is 7.89. The van der Waals surface area contributed by atoms with Gasteiger partial charge < -0.3 is 14.4 Å². The second-order valence-electron chi connectivity index (χ2n) is 9.65. The Morgan fingerprint density at radius 3 is 2.51 bits per heavy atom. The SMILES string of the molecule is CC1C(=O)N(Cc2cn(CCC3OCCCO3)nn2)CCS(=O)(=O)N1Cc1ccc(-c2ccc(Cl)nc2)cc1. The maximum atomic E-state index is 13.4. The standard InChI is InChI=1S/C26H31ClN6O5S/c1-19-26(34)31(17-23-18-32(30-29-23)10-9-25-37-12-2-13-38-25)11-14-39(35,36)33(19)16-20-3-5-21(6-4-20)22-7-8-24(27)28-15-22/h3-8,15,18-19,25H,2,9-14,16-17H2,1H3. The largest absolute Gasteiger partial charge is 0.353 e. The fourth-order valence-electron chi connectivity index (χ4n) is 4.66. The van der Waals surface area contributed by atoms with Crippen molar-refractivity contribution in [2.75, 3.05) is 25.5 Å². The summed E-state index contributed by atoms with van der Waals surface area (Å²) >= 11 is 5.87. The zero-order valence-corrected chi connectivity index (χ0v) is 23.2. The van der Waals surface area contributed by atoms with Crippen LogP contribution in [0.1, 0.15) is 31.0 Å². The van der Waals surface area contributed by atoms with E-state index < -0.39 is 16.1 Å². The number of nitrogens with zero attached hydrogens (tertiary/aromatic N) is 6. The van der Waals surface area contributed by atoms with Crippen LogP contribution in [0.25, 0.3) is 11.1 Å². The van der Waals surface area contributed by atoms with Crippen molar-refractivity contribution >= 4 is 27.5 Å². The number of pyridine rings is 1. The number of hydrogen-bond acceptors (Lipinski definition) is 8. The minimum atomic E-state index is -3.67. The summed E-state index contributed by atoms with van der Waals surface area (Å²) in [4.78, 5) is 19.0. The van der Waals surface area contributed by atoms with Gasteiger partial charge in [-0.25, -0.2) is 13.4 Å². The molecule has 13 heteroatoms. The van der Waals surface area contributed by atoms with Crippen LogP contribution < -0.4 is 0 Å². The molecule has 11 nitrogen and oxygen atoms in total. The summed E-state index contributed by atoms with van der Waals surface area (Å²) in [6.45, 7) is 3.95. The van der Waals surface area contributed by atoms with E-state index in [1.165, 1.54) is 4.31 Å². The van der Waals surface area contributed by atoms with Gasteiger partial charge in [0.25, 0.3) is 0 Å². The van der Waals surface area contributed by atoms with Crippen molar-refractivity contribution in [3.8, 4) is 11.1 Å². The molecule has 0 N–H and O–H groups in total. The summed E-state index contributed by atoms with van der Waals surface area (Å²) in [6.07, 6.45) is 4.75. The molecule has 0 saturated carbocycles. The molecular formula is C26H31ClN6O5S. The molecule has 3 aromatic rings. The lowest BCUT2D eigenvalue weighted by Gasteiger charge is -2.26. The Balaban J connectivity index is 1.22. The Labute approximate surface area is 232 Å². The molecule has 2 fully saturated rings. The normalized spacial score (nSPS) is 20.7. The molecule has 5 rings (SSSR count). The topological polar surface area (TPSA) is 120 Å². The summed E-state index contributed by atoms with van der Waals surface area (Å²) in [7, 11) is -3.67. The van der Waals surface area contributed by atoms with Crippen LogP contribution in [0.5, 0.6) is 0 Å². The molecule has 2 saturated heterocycles. The number of halogens is 1. The third-order valence-corrected chi connectivity index (χ3v) is 8.94. The molecule has 1 amide bonds. The first-order valence-electron chi connectivity index (χ1n) is 12.9. The van der Waals surface area contributed by atoms with Gasteiger partial charge in [-0.3, -0.25) is 9.48 Å². The average Bonchev–Trinajstić information content (AvgIpc) is 3.38. The van der Waals surface area contributed by atoms with Gasteiger partial charge in [0.1, 0.15) is 16.9 Å². The van der Waals surface area contributed by atoms with Crippen LogP contribution in [-0.2, 0) is 43.9 Å². The van der Waals surface area contributed by atoms with Gasteiger partial charge in [-0.2, -0.15) is 4.31 Å². The molecule has 1 atom stereocenters. The summed E-state index contributed by atoms with van der Waals surface area (Å²) in [6, 6.07) is 10.3. The maximum absolute atomic E-state index is 13.4. The monoisotopic (exact) mass is 574 g/mol. The van der Waals surface area contributed by atoms with Gasteiger partial charge in [0.05, 0.1) is 31.7 Å². The highest BCUT2D eigenvalue weighted by atomic mass is 35.5. The van der Waals surface area contributed by atoms with Crippen LogP contribution >= 0.6 is 11.6 Å². The van der Waals surface area contributed by atoms with Crippen LogP contribution in [0.15, 0.2) is 48.8 Å². The van der Waals surface area contributed by atoms with Gasteiger partial charge in [0, 0.05) is 37.8 Å². The van der Waals surface area contributed by atoms with Crippen molar-refractivity contribution in [3.05, 3.63) is 65.2 Å². The third-order valence-electron chi connectivity index (χ3n) is 6.86. The molecule has 1 aromatic carbocycles. The molecule has 2 aliphatic heterocycles. The van der Waals surface area contributed by atoms with Crippen molar-refractivity contribution in [1.82, 2.24) is 29.2 Å². The van der Waals surface area contributed by atoms with Crippen LogP contribution in [0.3, 0.4) is 0 Å². The lowest BCUT2D eigenvalue weighted by atomic mass is 10.1. The van der Waals surface area contributed by atoms with E-state index in [0.29, 0.717) is 37.0 Å². The van der Waals surface area contributed by atoms with Crippen molar-refractivity contribution in [1.29, 1.82) is 0 Å². The van der Waals surface area contributed by atoms with E-state index in [2.05, 4.69) is 15.3 Å². The molecule has 0 radical (unpaired) electrons. The van der Waals surface area contributed by atoms with Crippen molar-refractivity contribution in [3.63, 3.8) is 0 Å². The van der Waals surface area contributed by atoms with E-state index in [0.717, 1.165) is 23.1 Å². The number of ether oxygens (including phenoxy) is 2. The van der Waals surface area contributed by atoms with Crippen LogP contribution in [-0.4, -0.2) is 81.4 Å². The first-order chi connectivity index (χ1) is 18.8. The van der Waals surface area contributed by atoms with E-state index in [1.54, 1.807) is 35.0 Å².